The molecule has 0 saturated carbocycles. The van der Waals surface area contributed by atoms with Crippen LogP contribution >= 0.6 is 23.8 Å². The third-order valence-corrected chi connectivity index (χ3v) is 3.96. The number of likely N-dealkylation sites (tertiary alicyclic amines) is 1. The number of hydrogen-bond acceptors (Lipinski definition) is 4. The molecule has 0 spiro atoms. The molecule has 1 aliphatic heterocycles. The Morgan fingerprint density at radius 3 is 3.00 bits per heavy atom. The highest BCUT2D eigenvalue weighted by atomic mass is 32.1. The first-order valence-electron chi connectivity index (χ1n) is 5.61. The fourth-order valence-corrected chi connectivity index (χ4v) is 2.82. The van der Waals surface area contributed by atoms with Crippen molar-refractivity contribution in [3.8, 4) is 0 Å². The van der Waals surface area contributed by atoms with Crippen LogP contribution in [-0.4, -0.2) is 32.7 Å². The van der Waals surface area contributed by atoms with Gasteiger partial charge in [-0.2, -0.15) is 0 Å². The van der Waals surface area contributed by atoms with Gasteiger partial charge in [-0.15, -0.1) is 5.10 Å². The van der Waals surface area contributed by atoms with Crippen LogP contribution in [0.15, 0.2) is 18.2 Å². The second-order valence-electron chi connectivity index (χ2n) is 4.08. The zero-order valence-corrected chi connectivity index (χ0v) is 10.9. The van der Waals surface area contributed by atoms with E-state index in [0.29, 0.717) is 0 Å². The van der Waals surface area contributed by atoms with Crippen molar-refractivity contribution < 1.29 is 0 Å². The highest BCUT2D eigenvalue weighted by Gasteiger charge is 2.14. The molecule has 1 N–H and O–H groups in total. The van der Waals surface area contributed by atoms with E-state index in [0.717, 1.165) is 34.1 Å². The molecular formula is C11H12N4S2. The van der Waals surface area contributed by atoms with Crippen LogP contribution in [0.4, 0.5) is 5.69 Å². The average molecular weight is 264 g/mol. The minimum atomic E-state index is 0.810. The molecule has 0 atom stereocenters. The summed E-state index contributed by atoms with van der Waals surface area (Å²) in [6, 6.07) is 6.03. The molecule has 6 heteroatoms. The van der Waals surface area contributed by atoms with Crippen molar-refractivity contribution in [2.45, 2.75) is 12.8 Å². The van der Waals surface area contributed by atoms with Crippen LogP contribution in [0.3, 0.4) is 0 Å². The van der Waals surface area contributed by atoms with E-state index in [4.69, 9.17) is 12.2 Å². The molecular weight excluding hydrogens is 252 g/mol. The molecule has 0 radical (unpaired) electrons. The van der Waals surface area contributed by atoms with Gasteiger partial charge < -0.3 is 10.2 Å². The molecule has 1 aromatic carbocycles. The Morgan fingerprint density at radius 1 is 1.35 bits per heavy atom. The quantitative estimate of drug-likeness (QED) is 0.801. The summed E-state index contributed by atoms with van der Waals surface area (Å²) < 4.78 is 5.02. The maximum absolute atomic E-state index is 5.38. The minimum absolute atomic E-state index is 0.810. The third kappa shape index (κ3) is 2.23. The smallest absolute Gasteiger partial charge is 0.173 e. The van der Waals surface area contributed by atoms with E-state index in [1.165, 1.54) is 24.4 Å². The number of aromatic nitrogens is 2. The van der Waals surface area contributed by atoms with E-state index in [2.05, 4.69) is 19.8 Å². The van der Waals surface area contributed by atoms with Crippen LogP contribution in [0, 0.1) is 0 Å². The van der Waals surface area contributed by atoms with Crippen molar-refractivity contribution in [1.29, 1.82) is 0 Å². The van der Waals surface area contributed by atoms with Crippen molar-refractivity contribution >= 4 is 44.8 Å². The van der Waals surface area contributed by atoms with Gasteiger partial charge >= 0.3 is 0 Å². The highest BCUT2D eigenvalue weighted by Crippen LogP contribution is 2.20. The molecule has 2 heterocycles. The van der Waals surface area contributed by atoms with Gasteiger partial charge in [0.1, 0.15) is 5.52 Å². The lowest BCUT2D eigenvalue weighted by Gasteiger charge is -2.19. The zero-order valence-electron chi connectivity index (χ0n) is 9.22. The number of nitrogens with one attached hydrogen (secondary N) is 1. The zero-order chi connectivity index (χ0) is 11.7. The van der Waals surface area contributed by atoms with Gasteiger partial charge in [-0.1, -0.05) is 4.49 Å². The molecule has 17 heavy (non-hydrogen) atoms. The van der Waals surface area contributed by atoms with E-state index >= 15 is 0 Å². The van der Waals surface area contributed by atoms with Gasteiger partial charge in [0.2, 0.25) is 0 Å². The maximum atomic E-state index is 5.38. The first-order valence-corrected chi connectivity index (χ1v) is 6.79. The van der Waals surface area contributed by atoms with Crippen molar-refractivity contribution in [3.63, 3.8) is 0 Å². The Kier molecular flexibility index (Phi) is 2.90. The molecule has 1 fully saturated rings. The Hall–Kier alpha value is -1.27. The van der Waals surface area contributed by atoms with E-state index in [-0.39, 0.29) is 0 Å². The average Bonchev–Trinajstić information content (AvgIpc) is 2.99. The largest absolute Gasteiger partial charge is 0.349 e. The Morgan fingerprint density at radius 2 is 2.18 bits per heavy atom. The number of hydrogen-bond donors (Lipinski definition) is 1. The van der Waals surface area contributed by atoms with Crippen LogP contribution in [0.2, 0.25) is 0 Å². The van der Waals surface area contributed by atoms with Crippen LogP contribution in [0.25, 0.3) is 10.2 Å². The van der Waals surface area contributed by atoms with Crippen LogP contribution < -0.4 is 5.32 Å². The van der Waals surface area contributed by atoms with E-state index in [1.807, 2.05) is 18.2 Å². The molecule has 1 aliphatic rings. The van der Waals surface area contributed by atoms with Crippen LogP contribution in [0.5, 0.6) is 0 Å². The van der Waals surface area contributed by atoms with Crippen molar-refractivity contribution in [2.75, 3.05) is 18.4 Å². The lowest BCUT2D eigenvalue weighted by molar-refractivity contribution is 0.528. The first kappa shape index (κ1) is 10.9. The molecule has 0 amide bonds. The third-order valence-electron chi connectivity index (χ3n) is 2.89. The summed E-state index contributed by atoms with van der Waals surface area (Å²) in [4.78, 5) is 2.21. The second kappa shape index (κ2) is 4.54. The van der Waals surface area contributed by atoms with Crippen molar-refractivity contribution in [1.82, 2.24) is 14.5 Å². The normalized spacial score (nSPS) is 15.4. The summed E-state index contributed by atoms with van der Waals surface area (Å²) in [5, 5.41) is 8.13. The van der Waals surface area contributed by atoms with E-state index in [1.54, 1.807) is 0 Å². The van der Waals surface area contributed by atoms with Crippen LogP contribution in [-0.2, 0) is 0 Å². The van der Waals surface area contributed by atoms with Gasteiger partial charge in [0.25, 0.3) is 0 Å². The first-order chi connectivity index (χ1) is 8.33. The number of thiocarbonyl (C=S) groups is 1. The molecule has 0 aliphatic carbocycles. The number of rotatable bonds is 1. The SMILES string of the molecule is S=C(Nc1ccc2snnc2c1)N1CCCC1. The van der Waals surface area contributed by atoms with Gasteiger partial charge in [-0.3, -0.25) is 0 Å². The summed E-state index contributed by atoms with van der Waals surface area (Å²) in [6.07, 6.45) is 2.47. The molecule has 0 bridgehead atoms. The van der Waals surface area contributed by atoms with Gasteiger partial charge in [-0.25, -0.2) is 0 Å². The summed E-state index contributed by atoms with van der Waals surface area (Å²) in [6.45, 7) is 2.12. The Bertz CT molecular complexity index is 545. The van der Waals surface area contributed by atoms with E-state index in [9.17, 15) is 0 Å². The van der Waals surface area contributed by atoms with Gasteiger partial charge in [0.15, 0.2) is 5.11 Å². The minimum Gasteiger partial charge on any atom is -0.349 e. The van der Waals surface area contributed by atoms with Gasteiger partial charge in [-0.05, 0) is 54.8 Å². The molecule has 1 saturated heterocycles. The van der Waals surface area contributed by atoms with Gasteiger partial charge in [0, 0.05) is 18.8 Å². The summed E-state index contributed by atoms with van der Waals surface area (Å²) in [7, 11) is 0. The fraction of sp³-hybridized carbons (Fsp3) is 0.364. The lowest BCUT2D eigenvalue weighted by Crippen LogP contribution is -2.31. The number of anilines is 1. The van der Waals surface area contributed by atoms with Crippen molar-refractivity contribution in [2.24, 2.45) is 0 Å². The molecule has 1 aromatic heterocycles. The maximum Gasteiger partial charge on any atom is 0.173 e. The van der Waals surface area contributed by atoms with Crippen molar-refractivity contribution in [3.05, 3.63) is 18.2 Å². The predicted molar refractivity (Wildman–Crippen MR) is 74.4 cm³/mol. The summed E-state index contributed by atoms with van der Waals surface area (Å²) in [5.41, 5.74) is 1.91. The lowest BCUT2D eigenvalue weighted by atomic mass is 10.3. The monoisotopic (exact) mass is 264 g/mol. The topological polar surface area (TPSA) is 41.1 Å². The molecule has 3 rings (SSSR count). The van der Waals surface area contributed by atoms with Crippen LogP contribution in [0.1, 0.15) is 12.8 Å². The predicted octanol–water partition coefficient (Wildman–Crippen LogP) is 2.48. The Labute approximate surface area is 109 Å². The highest BCUT2D eigenvalue weighted by molar-refractivity contribution is 7.80. The molecule has 4 nitrogen and oxygen atoms in total. The number of nitrogens with zero attached hydrogens (tertiary/aromatic N) is 3. The number of benzene rings is 1. The summed E-state index contributed by atoms with van der Waals surface area (Å²) >= 11 is 6.79. The standard InChI is InChI=1S/C11H12N4S2/c16-11(15-5-1-2-6-15)12-8-3-4-10-9(7-8)13-14-17-10/h3-4,7H,1-2,5-6H2,(H,12,16). The molecule has 2 aromatic rings. The van der Waals surface area contributed by atoms with Gasteiger partial charge in [0.05, 0.1) is 4.70 Å². The summed E-state index contributed by atoms with van der Waals surface area (Å²) in [5.74, 6) is 0. The molecule has 0 unspecified atom stereocenters. The Balaban J connectivity index is 1.77. The fourth-order valence-electron chi connectivity index (χ4n) is 1.98. The second-order valence-corrected chi connectivity index (χ2v) is 5.25. The molecule has 88 valence electrons. The van der Waals surface area contributed by atoms with E-state index < -0.39 is 0 Å². The number of fused-ring (bicyclic) bond motifs is 1.